The molecule has 0 aliphatic heterocycles. The molecular weight excluding hydrogens is 242 g/mol. The van der Waals surface area contributed by atoms with E-state index in [0.29, 0.717) is 17.6 Å². The molecule has 0 fully saturated rings. The van der Waals surface area contributed by atoms with Gasteiger partial charge in [0.05, 0.1) is 23.5 Å². The van der Waals surface area contributed by atoms with Crippen LogP contribution in [0, 0.1) is 0 Å². The van der Waals surface area contributed by atoms with Gasteiger partial charge in [0, 0.05) is 17.9 Å². The van der Waals surface area contributed by atoms with Gasteiger partial charge in [-0.3, -0.25) is 9.78 Å². The minimum Gasteiger partial charge on any atom is -0.347 e. The first-order valence-electron chi connectivity index (χ1n) is 6.39. The van der Waals surface area contributed by atoms with E-state index in [1.165, 1.54) is 0 Å². The van der Waals surface area contributed by atoms with Gasteiger partial charge in [-0.15, -0.1) is 0 Å². The van der Waals surface area contributed by atoms with E-state index < -0.39 is 0 Å². The molecule has 0 saturated carbocycles. The van der Waals surface area contributed by atoms with Gasteiger partial charge >= 0.3 is 0 Å². The van der Waals surface area contributed by atoms with Crippen molar-refractivity contribution in [3.05, 3.63) is 30.4 Å². The lowest BCUT2D eigenvalue weighted by molar-refractivity contribution is 0.0901. The molecule has 6 nitrogen and oxygen atoms in total. The van der Waals surface area contributed by atoms with Crippen molar-refractivity contribution in [1.29, 1.82) is 0 Å². The number of amides is 1. The zero-order valence-electron chi connectivity index (χ0n) is 11.3. The number of fused-ring (bicyclic) bond motifs is 1. The van der Waals surface area contributed by atoms with Gasteiger partial charge in [0.15, 0.2) is 0 Å². The third-order valence-corrected chi connectivity index (χ3v) is 3.46. The van der Waals surface area contributed by atoms with Crippen molar-refractivity contribution < 1.29 is 4.79 Å². The van der Waals surface area contributed by atoms with Gasteiger partial charge in [-0.1, -0.05) is 6.92 Å². The number of nitrogens with zero attached hydrogens (tertiary/aromatic N) is 3. The van der Waals surface area contributed by atoms with Gasteiger partial charge in [0.2, 0.25) is 0 Å². The van der Waals surface area contributed by atoms with Crippen LogP contribution in [0.25, 0.3) is 5.52 Å². The molecule has 0 radical (unpaired) electrons. The summed E-state index contributed by atoms with van der Waals surface area (Å²) in [5.41, 5.74) is 6.54. The zero-order chi connectivity index (χ0) is 13.9. The van der Waals surface area contributed by atoms with Crippen molar-refractivity contribution in [3.63, 3.8) is 0 Å². The molecule has 2 aromatic rings. The molecule has 2 rings (SSSR count). The Balaban J connectivity index is 2.24. The second kappa shape index (κ2) is 5.36. The fourth-order valence-electron chi connectivity index (χ4n) is 2.00. The Labute approximate surface area is 112 Å². The quantitative estimate of drug-likeness (QED) is 0.840. The van der Waals surface area contributed by atoms with E-state index in [0.717, 1.165) is 12.8 Å². The van der Waals surface area contributed by atoms with Gasteiger partial charge in [0.1, 0.15) is 0 Å². The van der Waals surface area contributed by atoms with Crippen LogP contribution in [0.5, 0.6) is 0 Å². The SMILES string of the molecule is CCC(C)(CCN)NC(=O)c1cnn2ccncc12. The molecule has 2 aromatic heterocycles. The molecule has 3 N–H and O–H groups in total. The maximum absolute atomic E-state index is 12.3. The highest BCUT2D eigenvalue weighted by atomic mass is 16.1. The van der Waals surface area contributed by atoms with E-state index in [1.807, 2.05) is 13.8 Å². The van der Waals surface area contributed by atoms with E-state index in [4.69, 9.17) is 5.73 Å². The Morgan fingerprint density at radius 1 is 1.53 bits per heavy atom. The third kappa shape index (κ3) is 2.73. The highest BCUT2D eigenvalue weighted by Gasteiger charge is 2.25. The van der Waals surface area contributed by atoms with Gasteiger partial charge in [0.25, 0.3) is 5.91 Å². The maximum atomic E-state index is 12.3. The van der Waals surface area contributed by atoms with Crippen LogP contribution in [0.1, 0.15) is 37.0 Å². The summed E-state index contributed by atoms with van der Waals surface area (Å²) in [6.45, 7) is 4.58. The average molecular weight is 261 g/mol. The minimum atomic E-state index is -0.289. The van der Waals surface area contributed by atoms with E-state index in [-0.39, 0.29) is 11.4 Å². The van der Waals surface area contributed by atoms with E-state index in [1.54, 1.807) is 29.3 Å². The fourth-order valence-corrected chi connectivity index (χ4v) is 2.00. The number of carbonyl (C=O) groups excluding carboxylic acids is 1. The van der Waals surface area contributed by atoms with Gasteiger partial charge in [-0.25, -0.2) is 4.52 Å². The van der Waals surface area contributed by atoms with Crippen LogP contribution < -0.4 is 11.1 Å². The third-order valence-electron chi connectivity index (χ3n) is 3.46. The average Bonchev–Trinajstić information content (AvgIpc) is 2.83. The van der Waals surface area contributed by atoms with Crippen LogP contribution in [0.4, 0.5) is 0 Å². The number of carbonyl (C=O) groups is 1. The first-order chi connectivity index (χ1) is 9.09. The summed E-state index contributed by atoms with van der Waals surface area (Å²) in [6, 6.07) is 0. The van der Waals surface area contributed by atoms with Crippen LogP contribution in [-0.4, -0.2) is 32.6 Å². The largest absolute Gasteiger partial charge is 0.347 e. The van der Waals surface area contributed by atoms with Gasteiger partial charge < -0.3 is 11.1 Å². The fraction of sp³-hybridized carbons (Fsp3) is 0.462. The topological polar surface area (TPSA) is 85.3 Å². The van der Waals surface area contributed by atoms with Crippen LogP contribution in [0.15, 0.2) is 24.8 Å². The normalized spacial score (nSPS) is 14.3. The number of nitrogens with one attached hydrogen (secondary N) is 1. The number of hydrogen-bond acceptors (Lipinski definition) is 4. The molecule has 0 aromatic carbocycles. The van der Waals surface area contributed by atoms with Crippen LogP contribution in [0.3, 0.4) is 0 Å². The maximum Gasteiger partial charge on any atom is 0.255 e. The first kappa shape index (κ1) is 13.5. The van der Waals surface area contributed by atoms with E-state index >= 15 is 0 Å². The Morgan fingerprint density at radius 2 is 2.32 bits per heavy atom. The predicted molar refractivity (Wildman–Crippen MR) is 72.8 cm³/mol. The van der Waals surface area contributed by atoms with Crippen molar-refractivity contribution in [1.82, 2.24) is 19.9 Å². The van der Waals surface area contributed by atoms with Crippen LogP contribution in [0.2, 0.25) is 0 Å². The molecule has 2 heterocycles. The summed E-state index contributed by atoms with van der Waals surface area (Å²) in [4.78, 5) is 16.4. The zero-order valence-corrected chi connectivity index (χ0v) is 11.3. The summed E-state index contributed by atoms with van der Waals surface area (Å²) in [5, 5.41) is 7.17. The van der Waals surface area contributed by atoms with E-state index in [2.05, 4.69) is 15.4 Å². The van der Waals surface area contributed by atoms with Crippen molar-refractivity contribution in [3.8, 4) is 0 Å². The lowest BCUT2D eigenvalue weighted by atomic mass is 9.94. The van der Waals surface area contributed by atoms with Crippen molar-refractivity contribution in [2.24, 2.45) is 5.73 Å². The number of hydrogen-bond donors (Lipinski definition) is 2. The van der Waals surface area contributed by atoms with Crippen molar-refractivity contribution in [2.45, 2.75) is 32.2 Å². The molecule has 0 aliphatic rings. The standard InChI is InChI=1S/C13H19N5O/c1-3-13(2,4-5-14)17-12(19)10-8-16-18-7-6-15-9-11(10)18/h6-9H,3-5,14H2,1-2H3,(H,17,19). The number of nitrogens with two attached hydrogens (primary N) is 1. The second-order valence-electron chi connectivity index (χ2n) is 4.87. The Kier molecular flexibility index (Phi) is 3.80. The van der Waals surface area contributed by atoms with Gasteiger partial charge in [-0.2, -0.15) is 5.10 Å². The Bertz CT molecular complexity index is 579. The summed E-state index contributed by atoms with van der Waals surface area (Å²) in [6.07, 6.45) is 8.11. The molecular formula is C13H19N5O. The molecule has 1 atom stereocenters. The van der Waals surface area contributed by atoms with E-state index in [9.17, 15) is 4.79 Å². The van der Waals surface area contributed by atoms with Crippen LogP contribution in [-0.2, 0) is 0 Å². The molecule has 102 valence electrons. The summed E-state index contributed by atoms with van der Waals surface area (Å²) in [7, 11) is 0. The summed E-state index contributed by atoms with van der Waals surface area (Å²) < 4.78 is 1.63. The van der Waals surface area contributed by atoms with Gasteiger partial charge in [-0.05, 0) is 26.3 Å². The molecule has 1 unspecified atom stereocenters. The Morgan fingerprint density at radius 3 is 3.00 bits per heavy atom. The predicted octanol–water partition coefficient (Wildman–Crippen LogP) is 0.977. The highest BCUT2D eigenvalue weighted by molar-refractivity contribution is 6.00. The number of aromatic nitrogens is 3. The molecule has 0 saturated heterocycles. The molecule has 1 amide bonds. The first-order valence-corrected chi connectivity index (χ1v) is 6.39. The highest BCUT2D eigenvalue weighted by Crippen LogP contribution is 2.16. The second-order valence-corrected chi connectivity index (χ2v) is 4.87. The monoisotopic (exact) mass is 261 g/mol. The van der Waals surface area contributed by atoms with Crippen LogP contribution >= 0.6 is 0 Å². The number of rotatable bonds is 5. The molecule has 0 spiro atoms. The summed E-state index contributed by atoms with van der Waals surface area (Å²) >= 11 is 0. The molecule has 0 bridgehead atoms. The smallest absolute Gasteiger partial charge is 0.255 e. The minimum absolute atomic E-state index is 0.138. The van der Waals surface area contributed by atoms with Crippen molar-refractivity contribution >= 4 is 11.4 Å². The Hall–Kier alpha value is -1.95. The van der Waals surface area contributed by atoms with Crippen molar-refractivity contribution in [2.75, 3.05) is 6.54 Å². The summed E-state index contributed by atoms with van der Waals surface area (Å²) in [5.74, 6) is -0.138. The lowest BCUT2D eigenvalue weighted by Crippen LogP contribution is -2.46. The lowest BCUT2D eigenvalue weighted by Gasteiger charge is -2.29. The molecule has 6 heteroatoms. The molecule has 19 heavy (non-hydrogen) atoms. The molecule has 0 aliphatic carbocycles.